The zero-order valence-corrected chi connectivity index (χ0v) is 20.1. The monoisotopic (exact) mass is 480 g/mol. The van der Waals surface area contributed by atoms with E-state index in [9.17, 15) is 0 Å². The quantitative estimate of drug-likeness (QED) is 0.380. The fraction of sp³-hybridized carbons (Fsp3) is 0.950. The molecular formula is C20H41IN4O. The molecule has 2 heterocycles. The molecule has 1 N–H and O–H groups in total. The number of hydrogen-bond acceptors (Lipinski definition) is 3. The van der Waals surface area contributed by atoms with E-state index in [1.165, 1.54) is 25.9 Å². The number of nitrogens with zero attached hydrogens (tertiary/aromatic N) is 3. The van der Waals surface area contributed by atoms with Crippen LogP contribution in [0.15, 0.2) is 4.99 Å². The van der Waals surface area contributed by atoms with Crippen molar-refractivity contribution in [2.75, 3.05) is 39.8 Å². The molecule has 0 saturated carbocycles. The van der Waals surface area contributed by atoms with E-state index in [4.69, 9.17) is 4.74 Å². The van der Waals surface area contributed by atoms with Gasteiger partial charge in [0.2, 0.25) is 0 Å². The van der Waals surface area contributed by atoms with Gasteiger partial charge in [-0.05, 0) is 72.8 Å². The number of aliphatic imine (C=N–C) groups is 1. The van der Waals surface area contributed by atoms with Crippen molar-refractivity contribution in [1.29, 1.82) is 0 Å². The van der Waals surface area contributed by atoms with Crippen molar-refractivity contribution in [2.45, 2.75) is 78.0 Å². The summed E-state index contributed by atoms with van der Waals surface area (Å²) in [5.41, 5.74) is -0.0456. The van der Waals surface area contributed by atoms with E-state index < -0.39 is 0 Å². The predicted molar refractivity (Wildman–Crippen MR) is 122 cm³/mol. The minimum absolute atomic E-state index is 0. The van der Waals surface area contributed by atoms with Crippen molar-refractivity contribution in [3.8, 4) is 0 Å². The molecule has 0 radical (unpaired) electrons. The highest BCUT2D eigenvalue weighted by Crippen LogP contribution is 2.21. The van der Waals surface area contributed by atoms with E-state index in [-0.39, 0.29) is 29.6 Å². The van der Waals surface area contributed by atoms with Gasteiger partial charge in [0, 0.05) is 39.3 Å². The van der Waals surface area contributed by atoms with Gasteiger partial charge in [-0.1, -0.05) is 0 Å². The average molecular weight is 480 g/mol. The van der Waals surface area contributed by atoms with Gasteiger partial charge in [-0.2, -0.15) is 0 Å². The van der Waals surface area contributed by atoms with Crippen molar-refractivity contribution >= 4 is 29.9 Å². The molecule has 0 aliphatic carbocycles. The molecule has 6 heteroatoms. The Morgan fingerprint density at radius 3 is 2.35 bits per heavy atom. The molecule has 0 amide bonds. The molecule has 0 aromatic carbocycles. The number of guanidine groups is 1. The summed E-state index contributed by atoms with van der Waals surface area (Å²) in [5, 5.41) is 3.64. The molecule has 2 rings (SSSR count). The van der Waals surface area contributed by atoms with Crippen LogP contribution in [0, 0.1) is 5.92 Å². The third-order valence-electron chi connectivity index (χ3n) is 5.30. The second-order valence-corrected chi connectivity index (χ2v) is 8.94. The van der Waals surface area contributed by atoms with Crippen LogP contribution in [0.4, 0.5) is 0 Å². The second kappa shape index (κ2) is 11.1. The first-order valence-electron chi connectivity index (χ1n) is 10.2. The van der Waals surface area contributed by atoms with E-state index in [1.807, 2.05) is 7.05 Å². The van der Waals surface area contributed by atoms with Crippen LogP contribution < -0.4 is 5.32 Å². The molecule has 0 spiro atoms. The fourth-order valence-corrected chi connectivity index (χ4v) is 3.99. The first-order valence-corrected chi connectivity index (χ1v) is 10.2. The third-order valence-corrected chi connectivity index (χ3v) is 5.30. The number of nitrogens with one attached hydrogen (secondary N) is 1. The first-order chi connectivity index (χ1) is 11.8. The Labute approximate surface area is 178 Å². The Morgan fingerprint density at radius 2 is 1.81 bits per heavy atom. The standard InChI is InChI=1S/C20H40N4O.HI/c1-16(2)24-11-7-8-17(15-24)14-22-19(21-6)23-12-9-18(10-13-23)25-20(3,4)5;/h16-18H,7-15H2,1-6H3,(H,21,22);1H. The highest BCUT2D eigenvalue weighted by Gasteiger charge is 2.26. The molecule has 0 aromatic rings. The molecule has 1 atom stereocenters. The molecule has 1 unspecified atom stereocenters. The molecule has 5 nitrogen and oxygen atoms in total. The Bertz CT molecular complexity index is 428. The largest absolute Gasteiger partial charge is 0.372 e. The lowest BCUT2D eigenvalue weighted by molar-refractivity contribution is -0.0773. The highest BCUT2D eigenvalue weighted by molar-refractivity contribution is 14.0. The molecule has 0 bridgehead atoms. The van der Waals surface area contributed by atoms with Crippen LogP contribution in [-0.2, 0) is 4.74 Å². The number of piperidine rings is 2. The Kier molecular flexibility index (Phi) is 10.2. The summed E-state index contributed by atoms with van der Waals surface area (Å²) in [6.45, 7) is 16.6. The fourth-order valence-electron chi connectivity index (χ4n) is 3.99. The van der Waals surface area contributed by atoms with Crippen molar-refractivity contribution in [1.82, 2.24) is 15.1 Å². The molecule has 2 fully saturated rings. The average Bonchev–Trinajstić information content (AvgIpc) is 2.55. The first kappa shape index (κ1) is 24.0. The topological polar surface area (TPSA) is 40.1 Å². The predicted octanol–water partition coefficient (Wildman–Crippen LogP) is 3.58. The van der Waals surface area contributed by atoms with Gasteiger partial charge in [0.25, 0.3) is 0 Å². The number of rotatable bonds is 4. The lowest BCUT2D eigenvalue weighted by Crippen LogP contribution is -2.50. The molecule has 2 saturated heterocycles. The van der Waals surface area contributed by atoms with Crippen LogP contribution in [0.25, 0.3) is 0 Å². The van der Waals surface area contributed by atoms with Crippen LogP contribution in [-0.4, -0.2) is 73.3 Å². The number of halogens is 1. The van der Waals surface area contributed by atoms with E-state index >= 15 is 0 Å². The Balaban J connectivity index is 0.00000338. The normalized spacial score (nSPS) is 23.9. The van der Waals surface area contributed by atoms with E-state index in [1.54, 1.807) is 0 Å². The van der Waals surface area contributed by atoms with E-state index in [0.717, 1.165) is 44.4 Å². The molecule has 154 valence electrons. The Morgan fingerprint density at radius 1 is 1.15 bits per heavy atom. The van der Waals surface area contributed by atoms with Crippen molar-refractivity contribution < 1.29 is 4.74 Å². The van der Waals surface area contributed by atoms with Crippen molar-refractivity contribution in [3.63, 3.8) is 0 Å². The SMILES string of the molecule is CN=C(NCC1CCCN(C(C)C)C1)N1CCC(OC(C)(C)C)CC1.I. The maximum Gasteiger partial charge on any atom is 0.193 e. The third kappa shape index (κ3) is 7.89. The zero-order valence-electron chi connectivity index (χ0n) is 17.8. The van der Waals surface area contributed by atoms with Gasteiger partial charge in [0.05, 0.1) is 11.7 Å². The summed E-state index contributed by atoms with van der Waals surface area (Å²) in [6, 6.07) is 0.656. The number of likely N-dealkylation sites (tertiary alicyclic amines) is 2. The number of ether oxygens (including phenoxy) is 1. The summed E-state index contributed by atoms with van der Waals surface area (Å²) < 4.78 is 6.14. The van der Waals surface area contributed by atoms with Gasteiger partial charge < -0.3 is 19.9 Å². The van der Waals surface area contributed by atoms with Gasteiger partial charge in [0.1, 0.15) is 0 Å². The lowest BCUT2D eigenvalue weighted by Gasteiger charge is -2.38. The molecule has 26 heavy (non-hydrogen) atoms. The lowest BCUT2D eigenvalue weighted by atomic mass is 9.97. The molecule has 0 aromatic heterocycles. The van der Waals surface area contributed by atoms with Crippen LogP contribution in [0.2, 0.25) is 0 Å². The van der Waals surface area contributed by atoms with Gasteiger partial charge in [-0.25, -0.2) is 0 Å². The van der Waals surface area contributed by atoms with E-state index in [0.29, 0.717) is 12.1 Å². The summed E-state index contributed by atoms with van der Waals surface area (Å²) in [7, 11) is 1.90. The Hall–Kier alpha value is -0.0800. The summed E-state index contributed by atoms with van der Waals surface area (Å²) in [6.07, 6.45) is 5.20. The van der Waals surface area contributed by atoms with Crippen LogP contribution >= 0.6 is 24.0 Å². The van der Waals surface area contributed by atoms with Crippen molar-refractivity contribution in [3.05, 3.63) is 0 Å². The molecule has 2 aliphatic heterocycles. The van der Waals surface area contributed by atoms with Crippen LogP contribution in [0.1, 0.15) is 60.3 Å². The van der Waals surface area contributed by atoms with Gasteiger partial charge in [-0.15, -0.1) is 24.0 Å². The maximum absolute atomic E-state index is 6.14. The highest BCUT2D eigenvalue weighted by atomic mass is 127. The van der Waals surface area contributed by atoms with Gasteiger partial charge >= 0.3 is 0 Å². The summed E-state index contributed by atoms with van der Waals surface area (Å²) in [5.74, 6) is 1.80. The van der Waals surface area contributed by atoms with Gasteiger partial charge in [-0.3, -0.25) is 4.99 Å². The van der Waals surface area contributed by atoms with Gasteiger partial charge in [0.15, 0.2) is 5.96 Å². The maximum atomic E-state index is 6.14. The minimum atomic E-state index is -0.0456. The smallest absolute Gasteiger partial charge is 0.193 e. The summed E-state index contributed by atoms with van der Waals surface area (Å²) in [4.78, 5) is 9.53. The zero-order chi connectivity index (χ0) is 18.4. The van der Waals surface area contributed by atoms with E-state index in [2.05, 4.69) is 54.7 Å². The van der Waals surface area contributed by atoms with Crippen molar-refractivity contribution in [2.24, 2.45) is 10.9 Å². The van der Waals surface area contributed by atoms with Crippen LogP contribution in [0.5, 0.6) is 0 Å². The second-order valence-electron chi connectivity index (χ2n) is 8.94. The minimum Gasteiger partial charge on any atom is -0.372 e. The molecule has 2 aliphatic rings. The molecular weight excluding hydrogens is 439 g/mol. The van der Waals surface area contributed by atoms with Crippen LogP contribution in [0.3, 0.4) is 0 Å². The number of hydrogen-bond donors (Lipinski definition) is 1. The summed E-state index contributed by atoms with van der Waals surface area (Å²) >= 11 is 0.